The molecule has 2 nitrogen and oxygen atoms in total. The Bertz CT molecular complexity index is 417. The van der Waals surface area contributed by atoms with Crippen molar-refractivity contribution in [1.29, 1.82) is 0 Å². The number of aliphatic hydroxyl groups excluding tert-OH is 1. The zero-order chi connectivity index (χ0) is 15.1. The van der Waals surface area contributed by atoms with Crippen molar-refractivity contribution in [3.8, 4) is 0 Å². The fourth-order valence-electron chi connectivity index (χ4n) is 2.19. The second-order valence-electron chi connectivity index (χ2n) is 4.95. The molecule has 1 aromatic carbocycles. The van der Waals surface area contributed by atoms with E-state index >= 15 is 0 Å². The molecule has 0 heterocycles. The molecule has 5 heteroatoms. The van der Waals surface area contributed by atoms with Crippen molar-refractivity contribution in [3.05, 3.63) is 35.4 Å². The largest absolute Gasteiger partial charge is 0.388 e. The lowest BCUT2D eigenvalue weighted by molar-refractivity contribution is 0.134. The van der Waals surface area contributed by atoms with Gasteiger partial charge in [0.2, 0.25) is 0 Å². The highest BCUT2D eigenvalue weighted by molar-refractivity contribution is 7.98. The molecule has 0 bridgehead atoms. The van der Waals surface area contributed by atoms with Gasteiger partial charge in [-0.2, -0.15) is 11.8 Å². The van der Waals surface area contributed by atoms with E-state index in [4.69, 9.17) is 0 Å². The molecular weight excluding hydrogens is 280 g/mol. The first kappa shape index (κ1) is 17.4. The summed E-state index contributed by atoms with van der Waals surface area (Å²) in [6.07, 6.45) is 2.51. The van der Waals surface area contributed by atoms with Gasteiger partial charge in [0.05, 0.1) is 6.10 Å². The molecule has 0 aliphatic heterocycles. The number of thioether (sulfide) groups is 1. The number of hydrogen-bond donors (Lipinski definition) is 1. The fourth-order valence-corrected chi connectivity index (χ4v) is 3.07. The minimum absolute atomic E-state index is 0.0383. The number of aliphatic hydroxyl groups is 1. The fraction of sp³-hybridized carbons (Fsp3) is 0.600. The van der Waals surface area contributed by atoms with E-state index in [9.17, 15) is 13.9 Å². The van der Waals surface area contributed by atoms with Gasteiger partial charge in [0.1, 0.15) is 0 Å². The van der Waals surface area contributed by atoms with Crippen molar-refractivity contribution >= 4 is 11.8 Å². The zero-order valence-corrected chi connectivity index (χ0v) is 13.1. The van der Waals surface area contributed by atoms with E-state index in [1.807, 2.05) is 7.05 Å². The summed E-state index contributed by atoms with van der Waals surface area (Å²) in [5, 5.41) is 10.0. The summed E-state index contributed by atoms with van der Waals surface area (Å²) in [7, 11) is 2.00. The second kappa shape index (κ2) is 8.60. The lowest BCUT2D eigenvalue weighted by Crippen LogP contribution is -2.34. The molecule has 0 spiro atoms. The molecule has 0 amide bonds. The van der Waals surface area contributed by atoms with E-state index in [1.54, 1.807) is 11.8 Å². The Labute approximate surface area is 124 Å². The number of nitrogens with zero attached hydrogens (tertiary/aromatic N) is 1. The first-order chi connectivity index (χ1) is 9.51. The van der Waals surface area contributed by atoms with Crippen LogP contribution in [0.5, 0.6) is 0 Å². The summed E-state index contributed by atoms with van der Waals surface area (Å²) < 4.78 is 26.7. The van der Waals surface area contributed by atoms with Crippen LogP contribution in [-0.2, 0) is 0 Å². The van der Waals surface area contributed by atoms with Gasteiger partial charge in [0, 0.05) is 23.9 Å². The number of hydrogen-bond acceptors (Lipinski definition) is 3. The highest BCUT2D eigenvalue weighted by Gasteiger charge is 2.18. The maximum atomic E-state index is 13.6. The van der Waals surface area contributed by atoms with Crippen molar-refractivity contribution in [2.75, 3.05) is 25.6 Å². The average molecular weight is 303 g/mol. The van der Waals surface area contributed by atoms with Crippen LogP contribution in [0.25, 0.3) is 0 Å². The minimum Gasteiger partial charge on any atom is -0.388 e. The van der Waals surface area contributed by atoms with Gasteiger partial charge >= 0.3 is 0 Å². The highest BCUT2D eigenvalue weighted by atomic mass is 32.2. The molecule has 0 aromatic heterocycles. The number of benzene rings is 1. The molecule has 0 saturated carbocycles. The Hall–Kier alpha value is -0.650. The Morgan fingerprint density at radius 2 is 2.05 bits per heavy atom. The summed E-state index contributed by atoms with van der Waals surface area (Å²) in [4.78, 5) is 2.16. The van der Waals surface area contributed by atoms with E-state index in [0.29, 0.717) is 19.0 Å². The summed E-state index contributed by atoms with van der Waals surface area (Å²) in [5.41, 5.74) is 0.0383. The molecule has 1 aromatic rings. The molecule has 1 rings (SSSR count). The highest BCUT2D eigenvalue weighted by Crippen LogP contribution is 2.22. The monoisotopic (exact) mass is 303 g/mol. The second-order valence-corrected chi connectivity index (χ2v) is 5.86. The number of halogens is 2. The van der Waals surface area contributed by atoms with Crippen LogP contribution in [0.2, 0.25) is 0 Å². The molecule has 0 fully saturated rings. The van der Waals surface area contributed by atoms with Gasteiger partial charge in [-0.15, -0.1) is 0 Å². The van der Waals surface area contributed by atoms with Crippen LogP contribution in [0.15, 0.2) is 18.2 Å². The molecule has 2 unspecified atom stereocenters. The topological polar surface area (TPSA) is 23.5 Å². The lowest BCUT2D eigenvalue weighted by Gasteiger charge is -2.27. The molecule has 0 aliphatic rings. The third-order valence-corrected chi connectivity index (χ3v) is 4.27. The summed E-state index contributed by atoms with van der Waals surface area (Å²) in [6.45, 7) is 2.77. The van der Waals surface area contributed by atoms with Gasteiger partial charge in [-0.1, -0.05) is 19.1 Å². The molecule has 1 N–H and O–H groups in total. The van der Waals surface area contributed by atoms with Gasteiger partial charge in [0.15, 0.2) is 11.6 Å². The van der Waals surface area contributed by atoms with E-state index < -0.39 is 17.7 Å². The molecular formula is C15H23F2NOS. The van der Waals surface area contributed by atoms with E-state index in [0.717, 1.165) is 18.2 Å². The van der Waals surface area contributed by atoms with Crippen molar-refractivity contribution in [2.24, 2.45) is 0 Å². The third-order valence-electron chi connectivity index (χ3n) is 3.55. The standard InChI is InChI=1S/C15H23F2NOS/c1-4-11(10-20-3)18(2)9-8-14(19)12-6-5-7-13(16)15(12)17/h5-7,11,14,19H,4,8-10H2,1-3H3. The van der Waals surface area contributed by atoms with Gasteiger partial charge in [0.25, 0.3) is 0 Å². The smallest absolute Gasteiger partial charge is 0.164 e. The normalized spacial score (nSPS) is 14.6. The van der Waals surface area contributed by atoms with Crippen LogP contribution in [-0.4, -0.2) is 41.6 Å². The lowest BCUT2D eigenvalue weighted by atomic mass is 10.1. The first-order valence-corrected chi connectivity index (χ1v) is 8.21. The molecule has 0 saturated heterocycles. The van der Waals surface area contributed by atoms with Crippen LogP contribution in [0.1, 0.15) is 31.4 Å². The van der Waals surface area contributed by atoms with Crippen molar-refractivity contribution in [2.45, 2.75) is 31.9 Å². The predicted molar refractivity (Wildman–Crippen MR) is 81.0 cm³/mol. The van der Waals surface area contributed by atoms with E-state index in [2.05, 4.69) is 18.1 Å². The van der Waals surface area contributed by atoms with E-state index in [-0.39, 0.29) is 5.56 Å². The van der Waals surface area contributed by atoms with Gasteiger partial charge in [-0.3, -0.25) is 0 Å². The maximum absolute atomic E-state index is 13.6. The van der Waals surface area contributed by atoms with Gasteiger partial charge < -0.3 is 10.0 Å². The van der Waals surface area contributed by atoms with Crippen molar-refractivity contribution in [3.63, 3.8) is 0 Å². The van der Waals surface area contributed by atoms with Crippen molar-refractivity contribution < 1.29 is 13.9 Å². The molecule has 0 radical (unpaired) electrons. The minimum atomic E-state index is -0.972. The summed E-state index contributed by atoms with van der Waals surface area (Å²) in [6, 6.07) is 4.35. The first-order valence-electron chi connectivity index (χ1n) is 6.82. The summed E-state index contributed by atoms with van der Waals surface area (Å²) in [5.74, 6) is -0.834. The Morgan fingerprint density at radius 1 is 1.35 bits per heavy atom. The number of rotatable bonds is 8. The predicted octanol–water partition coefficient (Wildman–Crippen LogP) is 3.46. The molecule has 0 aliphatic carbocycles. The van der Waals surface area contributed by atoms with Crippen molar-refractivity contribution in [1.82, 2.24) is 4.90 Å². The van der Waals surface area contributed by atoms with Gasteiger partial charge in [-0.05, 0) is 32.2 Å². The average Bonchev–Trinajstić information content (AvgIpc) is 2.44. The molecule has 2 atom stereocenters. The van der Waals surface area contributed by atoms with Gasteiger partial charge in [-0.25, -0.2) is 8.78 Å². The van der Waals surface area contributed by atoms with Crippen LogP contribution < -0.4 is 0 Å². The van der Waals surface area contributed by atoms with Crippen LogP contribution in [0.3, 0.4) is 0 Å². The molecule has 114 valence electrons. The third kappa shape index (κ3) is 4.72. The maximum Gasteiger partial charge on any atom is 0.164 e. The van der Waals surface area contributed by atoms with Crippen LogP contribution in [0, 0.1) is 11.6 Å². The Morgan fingerprint density at radius 3 is 2.65 bits per heavy atom. The quantitative estimate of drug-likeness (QED) is 0.795. The summed E-state index contributed by atoms with van der Waals surface area (Å²) >= 11 is 1.78. The zero-order valence-electron chi connectivity index (χ0n) is 12.3. The van der Waals surface area contributed by atoms with E-state index in [1.165, 1.54) is 12.1 Å². The Balaban J connectivity index is 2.58. The SMILES string of the molecule is CCC(CSC)N(C)CCC(O)c1cccc(F)c1F. The van der Waals surface area contributed by atoms with Crippen LogP contribution >= 0.6 is 11.8 Å². The molecule has 20 heavy (non-hydrogen) atoms. The van der Waals surface area contributed by atoms with Crippen LogP contribution in [0.4, 0.5) is 8.78 Å². The Kier molecular flexibility index (Phi) is 7.48.